The van der Waals surface area contributed by atoms with Crippen LogP contribution >= 0.6 is 0 Å². The van der Waals surface area contributed by atoms with Crippen LogP contribution in [0.25, 0.3) is 0 Å². The first-order valence-corrected chi connectivity index (χ1v) is 13.6. The Morgan fingerprint density at radius 2 is 0.896 bits per heavy atom. The van der Waals surface area contributed by atoms with Crippen molar-refractivity contribution in [3.63, 3.8) is 0 Å². The Bertz CT molecular complexity index is 1380. The maximum Gasteiger partial charge on any atom is 0.490 e. The molecule has 18 heteroatoms. The van der Waals surface area contributed by atoms with Crippen LogP contribution in [0.5, 0.6) is 11.5 Å². The van der Waals surface area contributed by atoms with Gasteiger partial charge in [-0.25, -0.2) is 9.59 Å². The van der Waals surface area contributed by atoms with E-state index in [0.29, 0.717) is 26.3 Å². The highest BCUT2D eigenvalue weighted by atomic mass is 19.4. The van der Waals surface area contributed by atoms with Crippen LogP contribution in [0.15, 0.2) is 82.8 Å². The highest BCUT2D eigenvalue weighted by Gasteiger charge is 2.38. The normalized spacial score (nSPS) is 10.6. The van der Waals surface area contributed by atoms with Gasteiger partial charge in [-0.2, -0.15) is 26.3 Å². The molecule has 0 fully saturated rings. The number of benzene rings is 3. The molecule has 0 unspecified atom stereocenters. The van der Waals surface area contributed by atoms with E-state index in [1.54, 1.807) is 0 Å². The second-order valence-corrected chi connectivity index (χ2v) is 9.40. The minimum absolute atomic E-state index is 0.112. The van der Waals surface area contributed by atoms with Crippen molar-refractivity contribution in [3.05, 3.63) is 95.1 Å². The summed E-state index contributed by atoms with van der Waals surface area (Å²) in [7, 11) is 0. The number of rotatable bonds is 12. The van der Waals surface area contributed by atoms with Crippen LogP contribution in [0.1, 0.15) is 22.3 Å². The lowest BCUT2D eigenvalue weighted by Gasteiger charge is -2.10. The summed E-state index contributed by atoms with van der Waals surface area (Å²) in [5, 5.41) is 14.2. The molecule has 12 nitrogen and oxygen atoms in total. The van der Waals surface area contributed by atoms with E-state index in [0.717, 1.165) is 46.6 Å². The number of hydrogen-bond acceptors (Lipinski definition) is 6. The van der Waals surface area contributed by atoms with E-state index in [1.807, 2.05) is 66.7 Å². The van der Waals surface area contributed by atoms with Crippen molar-refractivity contribution in [1.82, 2.24) is 0 Å². The number of hydrogen-bond donors (Lipinski definition) is 6. The molecule has 0 aliphatic heterocycles. The van der Waals surface area contributed by atoms with Crippen LogP contribution in [0, 0.1) is 0 Å². The molecule has 3 aromatic carbocycles. The largest absolute Gasteiger partial charge is 0.490 e. The van der Waals surface area contributed by atoms with Crippen molar-refractivity contribution in [2.24, 2.45) is 32.9 Å². The maximum absolute atomic E-state index is 10.6. The summed E-state index contributed by atoms with van der Waals surface area (Å²) in [6.45, 7) is 2.10. The van der Waals surface area contributed by atoms with Gasteiger partial charge in [0, 0.05) is 13.1 Å². The van der Waals surface area contributed by atoms with Gasteiger partial charge in [0.05, 0.1) is 0 Å². The molecule has 3 aromatic rings. The lowest BCUT2D eigenvalue weighted by atomic mass is 10.1. The Balaban J connectivity index is 0.000000687. The number of carboxylic acid groups (broad SMARTS) is 2. The zero-order valence-corrected chi connectivity index (χ0v) is 25.2. The number of guanidine groups is 2. The van der Waals surface area contributed by atoms with E-state index in [9.17, 15) is 26.3 Å². The molecular weight excluding hydrogens is 654 g/mol. The van der Waals surface area contributed by atoms with Crippen molar-refractivity contribution in [1.29, 1.82) is 0 Å². The minimum atomic E-state index is -5.08. The third-order valence-corrected chi connectivity index (χ3v) is 5.52. The van der Waals surface area contributed by atoms with E-state index in [-0.39, 0.29) is 11.9 Å². The molecule has 0 atom stereocenters. The van der Waals surface area contributed by atoms with Crippen LogP contribution in [0.3, 0.4) is 0 Å². The van der Waals surface area contributed by atoms with E-state index >= 15 is 0 Å². The Labute approximate surface area is 270 Å². The van der Waals surface area contributed by atoms with Crippen molar-refractivity contribution >= 4 is 23.9 Å². The molecule has 0 aliphatic rings. The lowest BCUT2D eigenvalue weighted by Crippen LogP contribution is -2.23. The topological polar surface area (TPSA) is 222 Å². The molecule has 0 bridgehead atoms. The van der Waals surface area contributed by atoms with E-state index < -0.39 is 24.3 Å². The molecule has 0 aliphatic carbocycles. The first-order chi connectivity index (χ1) is 22.4. The average molecular weight is 689 g/mol. The van der Waals surface area contributed by atoms with Gasteiger partial charge in [0.2, 0.25) is 0 Å². The predicted molar refractivity (Wildman–Crippen MR) is 164 cm³/mol. The number of nitrogens with two attached hydrogens (primary N) is 4. The lowest BCUT2D eigenvalue weighted by molar-refractivity contribution is -0.193. The standard InChI is InChI=1S/C26H32N6O2.2C2HF3O2/c27-25(28)31-14-12-19-4-8-23(9-5-19)33-17-21-2-1-3-22(16-21)18-34-24-10-6-20(7-11-24)13-15-32-26(29)30;2*3-2(4,5)1(6)7/h1-11,16H,12-15,17-18H2,(H4,27,28,31)(H4,29,30,32);2*(H,6,7). The molecule has 10 N–H and O–H groups in total. The fraction of sp³-hybridized carbons (Fsp3) is 0.267. The van der Waals surface area contributed by atoms with Crippen LogP contribution in [-0.2, 0) is 35.6 Å². The maximum atomic E-state index is 10.6. The first kappa shape index (κ1) is 40.3. The van der Waals surface area contributed by atoms with Gasteiger partial charge < -0.3 is 42.6 Å². The SMILES string of the molecule is NC(N)=NCCc1ccc(OCc2cccc(COc3ccc(CCN=C(N)N)cc3)c2)cc1.O=C(O)C(F)(F)F.O=C(O)C(F)(F)F. The Morgan fingerprint density at radius 1 is 0.583 bits per heavy atom. The number of halogens is 6. The highest BCUT2D eigenvalue weighted by molar-refractivity contribution is 5.76. The molecule has 0 spiro atoms. The number of carboxylic acids is 2. The number of ether oxygens (including phenoxy) is 2. The number of carbonyl (C=O) groups is 2. The van der Waals surface area contributed by atoms with Gasteiger partial charge in [0.15, 0.2) is 11.9 Å². The molecule has 0 saturated carbocycles. The van der Waals surface area contributed by atoms with E-state index in [4.69, 9.17) is 52.2 Å². The van der Waals surface area contributed by atoms with Crippen molar-refractivity contribution < 1.29 is 55.6 Å². The minimum Gasteiger partial charge on any atom is -0.489 e. The first-order valence-electron chi connectivity index (χ1n) is 13.6. The van der Waals surface area contributed by atoms with Gasteiger partial charge in [0.25, 0.3) is 0 Å². The fourth-order valence-corrected chi connectivity index (χ4v) is 3.28. The highest BCUT2D eigenvalue weighted by Crippen LogP contribution is 2.18. The third kappa shape index (κ3) is 18.3. The van der Waals surface area contributed by atoms with Gasteiger partial charge in [-0.05, 0) is 65.4 Å². The van der Waals surface area contributed by atoms with E-state index in [1.165, 1.54) is 0 Å². The Hall–Kier alpha value is -5.68. The molecule has 0 radical (unpaired) electrons. The predicted octanol–water partition coefficient (Wildman–Crippen LogP) is 3.74. The quantitative estimate of drug-likeness (QED) is 0.0919. The van der Waals surface area contributed by atoms with Crippen molar-refractivity contribution in [2.75, 3.05) is 13.1 Å². The van der Waals surface area contributed by atoms with Crippen molar-refractivity contribution in [2.45, 2.75) is 38.4 Å². The molecule has 3 rings (SSSR count). The Kier molecular flexibility index (Phi) is 16.6. The van der Waals surface area contributed by atoms with Gasteiger partial charge in [-0.1, -0.05) is 42.5 Å². The molecule has 0 amide bonds. The zero-order chi connectivity index (χ0) is 36.3. The number of aliphatic carboxylic acids is 2. The summed E-state index contributed by atoms with van der Waals surface area (Å²) in [5.74, 6) is -3.66. The Morgan fingerprint density at radius 3 is 1.17 bits per heavy atom. The van der Waals surface area contributed by atoms with E-state index in [2.05, 4.69) is 16.1 Å². The summed E-state index contributed by atoms with van der Waals surface area (Å²) in [6, 6.07) is 24.1. The third-order valence-electron chi connectivity index (χ3n) is 5.52. The average Bonchev–Trinajstić information content (AvgIpc) is 3.00. The molecule has 48 heavy (non-hydrogen) atoms. The van der Waals surface area contributed by atoms with Crippen LogP contribution in [0.4, 0.5) is 26.3 Å². The van der Waals surface area contributed by atoms with Crippen LogP contribution in [0.2, 0.25) is 0 Å². The molecule has 262 valence electrons. The molecule has 0 heterocycles. The van der Waals surface area contributed by atoms with Gasteiger partial charge in [0.1, 0.15) is 24.7 Å². The van der Waals surface area contributed by atoms with Crippen LogP contribution < -0.4 is 32.4 Å². The number of nitrogens with zero attached hydrogens (tertiary/aromatic N) is 2. The van der Waals surface area contributed by atoms with Gasteiger partial charge in [-0.15, -0.1) is 0 Å². The summed E-state index contributed by atoms with van der Waals surface area (Å²) >= 11 is 0. The second-order valence-electron chi connectivity index (χ2n) is 9.40. The van der Waals surface area contributed by atoms with Gasteiger partial charge in [-0.3, -0.25) is 9.98 Å². The van der Waals surface area contributed by atoms with Crippen molar-refractivity contribution in [3.8, 4) is 11.5 Å². The number of alkyl halides is 6. The van der Waals surface area contributed by atoms with Gasteiger partial charge >= 0.3 is 24.3 Å². The molecule has 0 aromatic heterocycles. The monoisotopic (exact) mass is 688 g/mol. The molecule has 0 saturated heterocycles. The summed E-state index contributed by atoms with van der Waals surface area (Å²) < 4.78 is 75.3. The number of aliphatic imine (C=N–C) groups is 2. The fourth-order valence-electron chi connectivity index (χ4n) is 3.28. The molecular formula is C30H34F6N6O6. The summed E-state index contributed by atoms with van der Waals surface area (Å²) in [4.78, 5) is 25.8. The second kappa shape index (κ2) is 19.7. The van der Waals surface area contributed by atoms with Crippen LogP contribution in [-0.4, -0.2) is 59.5 Å². The smallest absolute Gasteiger partial charge is 0.489 e. The summed E-state index contributed by atoms with van der Waals surface area (Å²) in [6.07, 6.45) is -8.61. The summed E-state index contributed by atoms with van der Waals surface area (Å²) in [5.41, 5.74) is 25.9. The zero-order valence-electron chi connectivity index (χ0n) is 25.2.